The summed E-state index contributed by atoms with van der Waals surface area (Å²) in [6.45, 7) is 8.55. The molecular weight excluding hydrogens is 464 g/mol. The van der Waals surface area contributed by atoms with Crippen molar-refractivity contribution in [3.05, 3.63) is 36.0 Å². The first-order chi connectivity index (χ1) is 17.8. The van der Waals surface area contributed by atoms with Gasteiger partial charge in [-0.25, -0.2) is 0 Å². The molecule has 3 aliphatic heterocycles. The SMILES string of the molecule is CC(C)[C@@H]1CC[C@@H](C)CC(=O)N2C[C@H]3C[C@@H](CN(C(=O)c4c[nH]c5ccccc45)C3)[C@@H]2CCCC(=O)N1. The van der Waals surface area contributed by atoms with Gasteiger partial charge in [0.15, 0.2) is 0 Å². The van der Waals surface area contributed by atoms with E-state index in [9.17, 15) is 14.4 Å². The number of likely N-dealkylation sites (tertiary alicyclic amines) is 1. The van der Waals surface area contributed by atoms with Crippen molar-refractivity contribution in [2.45, 2.75) is 77.8 Å². The molecular formula is C30H42N4O3. The molecule has 3 saturated heterocycles. The van der Waals surface area contributed by atoms with Crippen molar-refractivity contribution in [3.63, 3.8) is 0 Å². The highest BCUT2D eigenvalue weighted by molar-refractivity contribution is 6.06. The zero-order valence-electron chi connectivity index (χ0n) is 22.5. The molecule has 3 amide bonds. The minimum Gasteiger partial charge on any atom is -0.360 e. The lowest BCUT2D eigenvalue weighted by molar-refractivity contribution is -0.141. The Labute approximate surface area is 220 Å². The molecule has 4 heterocycles. The van der Waals surface area contributed by atoms with Gasteiger partial charge in [-0.05, 0) is 61.8 Å². The van der Waals surface area contributed by atoms with E-state index in [1.807, 2.05) is 35.4 Å². The fourth-order valence-corrected chi connectivity index (χ4v) is 6.89. The molecule has 0 saturated carbocycles. The maximum absolute atomic E-state index is 13.6. The molecule has 7 heteroatoms. The van der Waals surface area contributed by atoms with Gasteiger partial charge < -0.3 is 20.1 Å². The lowest BCUT2D eigenvalue weighted by Gasteiger charge is -2.51. The molecule has 5 atom stereocenters. The van der Waals surface area contributed by atoms with Gasteiger partial charge in [-0.15, -0.1) is 0 Å². The van der Waals surface area contributed by atoms with E-state index in [1.54, 1.807) is 0 Å². The van der Waals surface area contributed by atoms with Gasteiger partial charge in [0.25, 0.3) is 5.91 Å². The largest absolute Gasteiger partial charge is 0.360 e. The fraction of sp³-hybridized carbons (Fsp3) is 0.633. The van der Waals surface area contributed by atoms with Gasteiger partial charge in [0, 0.05) is 61.7 Å². The average molecular weight is 507 g/mol. The molecule has 2 aromatic rings. The topological polar surface area (TPSA) is 85.5 Å². The number of benzene rings is 1. The summed E-state index contributed by atoms with van der Waals surface area (Å²) in [7, 11) is 0. The minimum atomic E-state index is 0.0734. The number of carbonyl (C=O) groups is 3. The first-order valence-electron chi connectivity index (χ1n) is 14.2. The molecule has 2 N–H and O–H groups in total. The number of nitrogens with zero attached hydrogens (tertiary/aromatic N) is 2. The summed E-state index contributed by atoms with van der Waals surface area (Å²) in [5, 5.41) is 4.22. The summed E-state index contributed by atoms with van der Waals surface area (Å²) < 4.78 is 0. The van der Waals surface area contributed by atoms with Crippen molar-refractivity contribution in [3.8, 4) is 0 Å². The zero-order chi connectivity index (χ0) is 26.1. The van der Waals surface area contributed by atoms with E-state index in [1.165, 1.54) is 0 Å². The van der Waals surface area contributed by atoms with Crippen LogP contribution in [-0.2, 0) is 9.59 Å². The number of carbonyl (C=O) groups excluding carboxylic acids is 3. The molecule has 1 aromatic carbocycles. The number of nitrogens with one attached hydrogen (secondary N) is 2. The summed E-state index contributed by atoms with van der Waals surface area (Å²) in [5.41, 5.74) is 1.70. The fourth-order valence-electron chi connectivity index (χ4n) is 6.89. The van der Waals surface area contributed by atoms with Crippen LogP contribution < -0.4 is 5.32 Å². The Kier molecular flexibility index (Phi) is 7.59. The van der Waals surface area contributed by atoms with E-state index in [4.69, 9.17) is 0 Å². The van der Waals surface area contributed by atoms with Crippen LogP contribution in [-0.4, -0.2) is 64.2 Å². The molecule has 0 spiro atoms. The van der Waals surface area contributed by atoms with Crippen molar-refractivity contribution in [2.24, 2.45) is 23.7 Å². The van der Waals surface area contributed by atoms with Crippen LogP contribution in [0.1, 0.15) is 76.1 Å². The molecule has 37 heavy (non-hydrogen) atoms. The highest BCUT2D eigenvalue weighted by Crippen LogP contribution is 2.37. The highest BCUT2D eigenvalue weighted by atomic mass is 16.2. The van der Waals surface area contributed by atoms with E-state index in [2.05, 4.69) is 36.0 Å². The lowest BCUT2D eigenvalue weighted by Crippen LogP contribution is -2.60. The predicted molar refractivity (Wildman–Crippen MR) is 145 cm³/mol. The van der Waals surface area contributed by atoms with Crippen LogP contribution in [0.25, 0.3) is 10.9 Å². The standard InChI is InChI=1S/C30H42N4O3/c1-19(2)25-12-11-20(3)13-29(36)34-17-21-14-22(27(34)9-6-10-28(35)32-25)18-33(16-21)30(37)24-15-31-26-8-5-4-7-23(24)26/h4-5,7-8,15,19-22,25,27,31H,6,9-14,16-18H2,1-3H3,(H,32,35)/t20-,21+,22+,25+,27+/m1/s1. The summed E-state index contributed by atoms with van der Waals surface area (Å²) in [6.07, 6.45) is 7.35. The van der Waals surface area contributed by atoms with Gasteiger partial charge in [0.2, 0.25) is 11.8 Å². The summed E-state index contributed by atoms with van der Waals surface area (Å²) in [5.74, 6) is 1.66. The van der Waals surface area contributed by atoms with Gasteiger partial charge in [0.05, 0.1) is 5.56 Å². The van der Waals surface area contributed by atoms with Gasteiger partial charge in [-0.2, -0.15) is 0 Å². The average Bonchev–Trinajstić information content (AvgIpc) is 3.30. The monoisotopic (exact) mass is 506 g/mol. The predicted octanol–water partition coefficient (Wildman–Crippen LogP) is 4.59. The number of aromatic amines is 1. The van der Waals surface area contributed by atoms with Crippen LogP contribution in [0, 0.1) is 23.7 Å². The number of piperidine rings is 2. The summed E-state index contributed by atoms with van der Waals surface area (Å²) in [6, 6.07) is 8.18. The lowest BCUT2D eigenvalue weighted by atomic mass is 9.77. The third-order valence-electron chi connectivity index (χ3n) is 8.94. The molecule has 0 unspecified atom stereocenters. The quantitative estimate of drug-likeness (QED) is 0.625. The second-order valence-corrected chi connectivity index (χ2v) is 12.1. The maximum atomic E-state index is 13.6. The first-order valence-corrected chi connectivity index (χ1v) is 14.2. The minimum absolute atomic E-state index is 0.0734. The van der Waals surface area contributed by atoms with Gasteiger partial charge in [-0.1, -0.05) is 39.0 Å². The van der Waals surface area contributed by atoms with E-state index in [0.717, 1.165) is 48.6 Å². The van der Waals surface area contributed by atoms with Crippen LogP contribution in [0.15, 0.2) is 30.5 Å². The Hall–Kier alpha value is -2.83. The van der Waals surface area contributed by atoms with Crippen molar-refractivity contribution < 1.29 is 14.4 Å². The molecule has 7 nitrogen and oxygen atoms in total. The highest BCUT2D eigenvalue weighted by Gasteiger charge is 2.44. The molecule has 200 valence electrons. The molecule has 5 rings (SSSR count). The zero-order valence-corrected chi connectivity index (χ0v) is 22.5. The van der Waals surface area contributed by atoms with Crippen LogP contribution in [0.4, 0.5) is 0 Å². The molecule has 0 aliphatic carbocycles. The Morgan fingerprint density at radius 1 is 1.05 bits per heavy atom. The van der Waals surface area contributed by atoms with E-state index < -0.39 is 0 Å². The maximum Gasteiger partial charge on any atom is 0.256 e. The van der Waals surface area contributed by atoms with Crippen molar-refractivity contribution in [1.29, 1.82) is 0 Å². The van der Waals surface area contributed by atoms with Gasteiger partial charge in [0.1, 0.15) is 0 Å². The number of aromatic nitrogens is 1. The van der Waals surface area contributed by atoms with E-state index in [-0.39, 0.29) is 41.6 Å². The molecule has 1 aromatic heterocycles. The Balaban J connectivity index is 1.34. The number of amides is 3. The summed E-state index contributed by atoms with van der Waals surface area (Å²) >= 11 is 0. The van der Waals surface area contributed by atoms with Crippen LogP contribution in [0.5, 0.6) is 0 Å². The van der Waals surface area contributed by atoms with E-state index in [0.29, 0.717) is 44.3 Å². The third-order valence-corrected chi connectivity index (χ3v) is 8.94. The number of hydrogen-bond donors (Lipinski definition) is 2. The number of H-pyrrole nitrogens is 1. The smallest absolute Gasteiger partial charge is 0.256 e. The number of fused-ring (bicyclic) bond motifs is 5. The normalized spacial score (nSPS) is 29.8. The van der Waals surface area contributed by atoms with Crippen molar-refractivity contribution in [2.75, 3.05) is 19.6 Å². The first kappa shape index (κ1) is 25.8. The van der Waals surface area contributed by atoms with Crippen LogP contribution >= 0.6 is 0 Å². The molecule has 3 aliphatic rings. The van der Waals surface area contributed by atoms with Gasteiger partial charge in [-0.3, -0.25) is 14.4 Å². The second-order valence-electron chi connectivity index (χ2n) is 12.1. The van der Waals surface area contributed by atoms with E-state index >= 15 is 0 Å². The summed E-state index contributed by atoms with van der Waals surface area (Å²) in [4.78, 5) is 47.3. The molecule has 3 fully saturated rings. The van der Waals surface area contributed by atoms with Crippen LogP contribution in [0.2, 0.25) is 0 Å². The Morgan fingerprint density at radius 3 is 2.68 bits per heavy atom. The van der Waals surface area contributed by atoms with Crippen LogP contribution in [0.3, 0.4) is 0 Å². The Bertz CT molecular complexity index is 1140. The van der Waals surface area contributed by atoms with Gasteiger partial charge >= 0.3 is 0 Å². The third kappa shape index (κ3) is 5.55. The second kappa shape index (κ2) is 10.9. The van der Waals surface area contributed by atoms with Crippen molar-refractivity contribution in [1.82, 2.24) is 20.1 Å². The number of rotatable bonds is 2. The number of hydrogen-bond acceptors (Lipinski definition) is 3. The van der Waals surface area contributed by atoms with Crippen molar-refractivity contribution >= 4 is 28.6 Å². The molecule has 0 radical (unpaired) electrons. The molecule has 2 bridgehead atoms. The Morgan fingerprint density at radius 2 is 1.86 bits per heavy atom. The number of para-hydroxylation sites is 1.